The Hall–Kier alpha value is -2.54. The van der Waals surface area contributed by atoms with Gasteiger partial charge in [0.25, 0.3) is 0 Å². The lowest BCUT2D eigenvalue weighted by atomic mass is 10.1. The molecule has 0 radical (unpaired) electrons. The van der Waals surface area contributed by atoms with Crippen molar-refractivity contribution in [3.63, 3.8) is 0 Å². The summed E-state index contributed by atoms with van der Waals surface area (Å²) in [6.45, 7) is 0.834. The van der Waals surface area contributed by atoms with Crippen LogP contribution in [0.3, 0.4) is 0 Å². The fourth-order valence-corrected chi connectivity index (χ4v) is 2.75. The molecule has 120 valence electrons. The van der Waals surface area contributed by atoms with E-state index < -0.39 is 0 Å². The maximum atomic E-state index is 12.1. The second-order valence-electron chi connectivity index (χ2n) is 5.32. The van der Waals surface area contributed by atoms with Gasteiger partial charge in [0.05, 0.1) is 11.7 Å². The lowest BCUT2D eigenvalue weighted by molar-refractivity contribution is -0.136. The number of carbonyl (C=O) groups excluding carboxylic acids is 1. The summed E-state index contributed by atoms with van der Waals surface area (Å²) in [5.41, 5.74) is 0.834. The molecule has 0 aromatic carbocycles. The van der Waals surface area contributed by atoms with Crippen LogP contribution in [-0.4, -0.2) is 46.0 Å². The highest BCUT2D eigenvalue weighted by molar-refractivity contribution is 5.78. The third-order valence-corrected chi connectivity index (χ3v) is 3.76. The Morgan fingerprint density at radius 2 is 2.26 bits per heavy atom. The van der Waals surface area contributed by atoms with E-state index in [1.807, 2.05) is 29.2 Å². The molecule has 2 aromatic heterocycles. The van der Waals surface area contributed by atoms with Crippen molar-refractivity contribution in [3.05, 3.63) is 42.4 Å². The highest BCUT2D eigenvalue weighted by Gasteiger charge is 2.30. The predicted octanol–water partition coefficient (Wildman–Crippen LogP) is 1.93. The molecule has 1 atom stereocenters. The van der Waals surface area contributed by atoms with Crippen LogP contribution in [0.25, 0.3) is 0 Å². The largest absolute Gasteiger partial charge is 0.375 e. The normalized spacial score (nSPS) is 17.3. The topological polar surface area (TPSA) is 80.2 Å². The van der Waals surface area contributed by atoms with Crippen molar-refractivity contribution in [2.24, 2.45) is 0 Å². The lowest BCUT2D eigenvalue weighted by Gasteiger charge is -2.24. The number of anilines is 2. The SMILES string of the molecule is COCC(=O)N1CCC[C@H]1c1ccnc(Nc2ccccn2)n1. The maximum Gasteiger partial charge on any atom is 0.249 e. The first-order chi connectivity index (χ1) is 11.3. The van der Waals surface area contributed by atoms with Gasteiger partial charge in [-0.1, -0.05) is 6.07 Å². The van der Waals surface area contributed by atoms with E-state index in [0.717, 1.165) is 25.1 Å². The van der Waals surface area contributed by atoms with Crippen LogP contribution in [0, 0.1) is 0 Å². The Morgan fingerprint density at radius 1 is 1.35 bits per heavy atom. The summed E-state index contributed by atoms with van der Waals surface area (Å²) >= 11 is 0. The van der Waals surface area contributed by atoms with E-state index in [4.69, 9.17) is 4.74 Å². The van der Waals surface area contributed by atoms with Crippen LogP contribution in [0.15, 0.2) is 36.7 Å². The van der Waals surface area contributed by atoms with E-state index in [9.17, 15) is 4.79 Å². The number of hydrogen-bond acceptors (Lipinski definition) is 6. The number of likely N-dealkylation sites (tertiary alicyclic amines) is 1. The van der Waals surface area contributed by atoms with Crippen LogP contribution in [0.5, 0.6) is 0 Å². The number of methoxy groups -OCH3 is 1. The molecule has 1 amide bonds. The first kappa shape index (κ1) is 15.4. The molecular formula is C16H19N5O2. The minimum atomic E-state index is -0.0232. The van der Waals surface area contributed by atoms with Crippen LogP contribution in [0.2, 0.25) is 0 Å². The van der Waals surface area contributed by atoms with Gasteiger partial charge in [-0.25, -0.2) is 15.0 Å². The van der Waals surface area contributed by atoms with Gasteiger partial charge in [0.2, 0.25) is 11.9 Å². The summed E-state index contributed by atoms with van der Waals surface area (Å²) in [5.74, 6) is 1.16. The zero-order valence-corrected chi connectivity index (χ0v) is 13.0. The first-order valence-corrected chi connectivity index (χ1v) is 7.57. The molecule has 1 saturated heterocycles. The molecule has 0 saturated carbocycles. The number of amides is 1. The van der Waals surface area contributed by atoms with Gasteiger partial charge in [-0.3, -0.25) is 4.79 Å². The van der Waals surface area contributed by atoms with E-state index in [0.29, 0.717) is 11.8 Å². The van der Waals surface area contributed by atoms with Gasteiger partial charge in [-0.15, -0.1) is 0 Å². The Balaban J connectivity index is 1.77. The van der Waals surface area contributed by atoms with Gasteiger partial charge in [-0.2, -0.15) is 0 Å². The van der Waals surface area contributed by atoms with Crippen molar-refractivity contribution in [1.29, 1.82) is 0 Å². The van der Waals surface area contributed by atoms with Crippen LogP contribution in [0.1, 0.15) is 24.6 Å². The van der Waals surface area contributed by atoms with Crippen LogP contribution in [-0.2, 0) is 9.53 Å². The summed E-state index contributed by atoms with van der Waals surface area (Å²) in [6.07, 6.45) is 5.27. The molecule has 7 nitrogen and oxygen atoms in total. The van der Waals surface area contributed by atoms with Gasteiger partial charge in [0.15, 0.2) is 0 Å². The van der Waals surface area contributed by atoms with E-state index in [1.54, 1.807) is 12.4 Å². The van der Waals surface area contributed by atoms with Gasteiger partial charge in [0, 0.05) is 26.0 Å². The Labute approximate surface area is 134 Å². The molecule has 0 spiro atoms. The van der Waals surface area contributed by atoms with Crippen molar-refractivity contribution in [2.75, 3.05) is 25.6 Å². The van der Waals surface area contributed by atoms with Gasteiger partial charge < -0.3 is 15.0 Å². The average Bonchev–Trinajstić information content (AvgIpc) is 3.06. The lowest BCUT2D eigenvalue weighted by Crippen LogP contribution is -2.33. The Bertz CT molecular complexity index is 665. The molecule has 3 heterocycles. The number of nitrogens with one attached hydrogen (secondary N) is 1. The third-order valence-electron chi connectivity index (χ3n) is 3.76. The number of carbonyl (C=O) groups is 1. The molecule has 1 aliphatic heterocycles. The van der Waals surface area contributed by atoms with Crippen molar-refractivity contribution in [1.82, 2.24) is 19.9 Å². The fourth-order valence-electron chi connectivity index (χ4n) is 2.75. The standard InChI is InChI=1S/C16H19N5O2/c1-23-11-15(22)21-10-4-5-13(21)12-7-9-18-16(19-12)20-14-6-2-3-8-17-14/h2-3,6-9,13H,4-5,10-11H2,1H3,(H,17,18,19,20)/t13-/m0/s1. The molecule has 1 N–H and O–H groups in total. The van der Waals surface area contributed by atoms with E-state index in [2.05, 4.69) is 20.3 Å². The highest BCUT2D eigenvalue weighted by atomic mass is 16.5. The molecule has 0 aliphatic carbocycles. The van der Waals surface area contributed by atoms with Gasteiger partial charge in [-0.05, 0) is 31.0 Å². The van der Waals surface area contributed by atoms with Crippen molar-refractivity contribution < 1.29 is 9.53 Å². The molecule has 0 unspecified atom stereocenters. The summed E-state index contributed by atoms with van der Waals surface area (Å²) in [4.78, 5) is 26.9. The summed E-state index contributed by atoms with van der Waals surface area (Å²) in [6, 6.07) is 7.42. The minimum Gasteiger partial charge on any atom is -0.375 e. The average molecular weight is 313 g/mol. The summed E-state index contributed by atoms with van der Waals surface area (Å²) < 4.78 is 4.96. The van der Waals surface area contributed by atoms with Crippen LogP contribution < -0.4 is 5.32 Å². The number of aromatic nitrogens is 3. The zero-order valence-electron chi connectivity index (χ0n) is 13.0. The first-order valence-electron chi connectivity index (χ1n) is 7.57. The minimum absolute atomic E-state index is 0.00662. The molecular weight excluding hydrogens is 294 g/mol. The number of pyridine rings is 1. The molecule has 2 aromatic rings. The molecule has 3 rings (SSSR count). The van der Waals surface area contributed by atoms with Crippen molar-refractivity contribution in [2.45, 2.75) is 18.9 Å². The second-order valence-corrected chi connectivity index (χ2v) is 5.32. The smallest absolute Gasteiger partial charge is 0.249 e. The number of rotatable bonds is 5. The predicted molar refractivity (Wildman–Crippen MR) is 85.1 cm³/mol. The van der Waals surface area contributed by atoms with Crippen LogP contribution >= 0.6 is 0 Å². The molecule has 7 heteroatoms. The van der Waals surface area contributed by atoms with E-state index >= 15 is 0 Å². The number of nitrogens with zero attached hydrogens (tertiary/aromatic N) is 4. The van der Waals surface area contributed by atoms with Crippen LogP contribution in [0.4, 0.5) is 11.8 Å². The second kappa shape index (κ2) is 7.15. The zero-order chi connectivity index (χ0) is 16.1. The molecule has 23 heavy (non-hydrogen) atoms. The van der Waals surface area contributed by atoms with Crippen molar-refractivity contribution in [3.8, 4) is 0 Å². The summed E-state index contributed by atoms with van der Waals surface area (Å²) in [7, 11) is 1.53. The van der Waals surface area contributed by atoms with E-state index in [1.165, 1.54) is 7.11 Å². The Kier molecular flexibility index (Phi) is 4.77. The van der Waals surface area contributed by atoms with Gasteiger partial charge in [0.1, 0.15) is 12.4 Å². The van der Waals surface area contributed by atoms with Crippen molar-refractivity contribution >= 4 is 17.7 Å². The fraction of sp³-hybridized carbons (Fsp3) is 0.375. The molecule has 0 bridgehead atoms. The molecule has 1 aliphatic rings. The monoisotopic (exact) mass is 313 g/mol. The Morgan fingerprint density at radius 3 is 3.04 bits per heavy atom. The number of hydrogen-bond donors (Lipinski definition) is 1. The third kappa shape index (κ3) is 3.62. The summed E-state index contributed by atoms with van der Waals surface area (Å²) in [5, 5.41) is 3.08. The highest BCUT2D eigenvalue weighted by Crippen LogP contribution is 2.31. The maximum absolute atomic E-state index is 12.1. The molecule has 1 fully saturated rings. The van der Waals surface area contributed by atoms with E-state index in [-0.39, 0.29) is 18.6 Å². The van der Waals surface area contributed by atoms with Gasteiger partial charge >= 0.3 is 0 Å². The quantitative estimate of drug-likeness (QED) is 0.908. The number of ether oxygens (including phenoxy) is 1.